The number of fused-ring (bicyclic) bond motifs is 1. The number of rotatable bonds is 4. The molecule has 0 aliphatic heterocycles. The highest BCUT2D eigenvalue weighted by Crippen LogP contribution is 2.28. The first kappa shape index (κ1) is 12.8. The second-order valence-electron chi connectivity index (χ2n) is 4.25. The number of benzene rings is 1. The van der Waals surface area contributed by atoms with Crippen LogP contribution in [0.4, 0.5) is 10.8 Å². The standard InChI is InChI=1S/C13H17N3OS/c1-3-8(4-2)12(17)16-13-15-10-6-5-9(14)7-11(10)18-13/h5-8H,3-4,14H2,1-2H3,(H,15,16,17). The Morgan fingerprint density at radius 2 is 2.17 bits per heavy atom. The van der Waals surface area contributed by atoms with Gasteiger partial charge < -0.3 is 11.1 Å². The Labute approximate surface area is 110 Å². The van der Waals surface area contributed by atoms with Gasteiger partial charge in [-0.2, -0.15) is 0 Å². The van der Waals surface area contributed by atoms with Crippen molar-refractivity contribution in [2.24, 2.45) is 5.92 Å². The molecule has 0 fully saturated rings. The van der Waals surface area contributed by atoms with Crippen LogP contribution in [0.5, 0.6) is 0 Å². The number of nitrogen functional groups attached to an aromatic ring is 1. The number of carbonyl (C=O) groups is 1. The van der Waals surface area contributed by atoms with Crippen LogP contribution in [0.15, 0.2) is 18.2 Å². The fourth-order valence-corrected chi connectivity index (χ4v) is 2.78. The van der Waals surface area contributed by atoms with E-state index in [0.717, 1.165) is 23.1 Å². The monoisotopic (exact) mass is 263 g/mol. The predicted octanol–water partition coefficient (Wildman–Crippen LogP) is 3.25. The van der Waals surface area contributed by atoms with Crippen molar-refractivity contribution in [3.8, 4) is 0 Å². The van der Waals surface area contributed by atoms with Crippen molar-refractivity contribution in [3.05, 3.63) is 18.2 Å². The molecule has 18 heavy (non-hydrogen) atoms. The molecule has 1 heterocycles. The summed E-state index contributed by atoms with van der Waals surface area (Å²) in [5.41, 5.74) is 7.30. The van der Waals surface area contributed by atoms with Gasteiger partial charge in [-0.15, -0.1) is 0 Å². The number of aromatic nitrogens is 1. The molecule has 4 nitrogen and oxygen atoms in total. The third-order valence-corrected chi connectivity index (χ3v) is 3.93. The molecule has 3 N–H and O–H groups in total. The molecule has 0 radical (unpaired) electrons. The number of hydrogen-bond donors (Lipinski definition) is 2. The van der Waals surface area contributed by atoms with Gasteiger partial charge in [-0.3, -0.25) is 4.79 Å². The number of hydrogen-bond acceptors (Lipinski definition) is 4. The summed E-state index contributed by atoms with van der Waals surface area (Å²) in [7, 11) is 0. The summed E-state index contributed by atoms with van der Waals surface area (Å²) in [5, 5.41) is 3.53. The minimum atomic E-state index is 0.0482. The highest BCUT2D eigenvalue weighted by molar-refractivity contribution is 7.22. The molecule has 96 valence electrons. The minimum Gasteiger partial charge on any atom is -0.399 e. The summed E-state index contributed by atoms with van der Waals surface area (Å²) in [5.74, 6) is 0.106. The summed E-state index contributed by atoms with van der Waals surface area (Å²) >= 11 is 1.46. The lowest BCUT2D eigenvalue weighted by Crippen LogP contribution is -2.21. The number of nitrogens with zero attached hydrogens (tertiary/aromatic N) is 1. The molecular formula is C13H17N3OS. The van der Waals surface area contributed by atoms with Gasteiger partial charge in [0.05, 0.1) is 10.2 Å². The largest absolute Gasteiger partial charge is 0.399 e. The number of amides is 1. The smallest absolute Gasteiger partial charge is 0.229 e. The van der Waals surface area contributed by atoms with E-state index in [-0.39, 0.29) is 11.8 Å². The summed E-state index contributed by atoms with van der Waals surface area (Å²) in [6.07, 6.45) is 1.69. The lowest BCUT2D eigenvalue weighted by Gasteiger charge is -2.10. The van der Waals surface area contributed by atoms with E-state index in [4.69, 9.17) is 5.73 Å². The van der Waals surface area contributed by atoms with E-state index in [1.165, 1.54) is 11.3 Å². The van der Waals surface area contributed by atoms with E-state index in [0.29, 0.717) is 10.8 Å². The van der Waals surface area contributed by atoms with Crippen molar-refractivity contribution in [2.45, 2.75) is 26.7 Å². The number of nitrogens with two attached hydrogens (primary N) is 1. The van der Waals surface area contributed by atoms with Crippen LogP contribution in [0.3, 0.4) is 0 Å². The van der Waals surface area contributed by atoms with E-state index >= 15 is 0 Å². The average Bonchev–Trinajstić information content (AvgIpc) is 2.71. The van der Waals surface area contributed by atoms with Crippen molar-refractivity contribution in [1.29, 1.82) is 0 Å². The first-order valence-electron chi connectivity index (χ1n) is 6.11. The van der Waals surface area contributed by atoms with Crippen LogP contribution in [-0.4, -0.2) is 10.9 Å². The van der Waals surface area contributed by atoms with E-state index in [1.807, 2.05) is 32.0 Å². The fourth-order valence-electron chi connectivity index (χ4n) is 1.86. The average molecular weight is 263 g/mol. The molecule has 0 spiro atoms. The summed E-state index contributed by atoms with van der Waals surface area (Å²) < 4.78 is 0.995. The van der Waals surface area contributed by atoms with Crippen molar-refractivity contribution in [1.82, 2.24) is 4.98 Å². The van der Waals surface area contributed by atoms with Gasteiger partial charge in [0.1, 0.15) is 0 Å². The van der Waals surface area contributed by atoms with Gasteiger partial charge >= 0.3 is 0 Å². The Hall–Kier alpha value is -1.62. The van der Waals surface area contributed by atoms with Crippen LogP contribution >= 0.6 is 11.3 Å². The van der Waals surface area contributed by atoms with Crippen LogP contribution in [0.25, 0.3) is 10.2 Å². The molecule has 0 atom stereocenters. The van der Waals surface area contributed by atoms with Crippen LogP contribution < -0.4 is 11.1 Å². The van der Waals surface area contributed by atoms with Crippen molar-refractivity contribution in [2.75, 3.05) is 11.1 Å². The lowest BCUT2D eigenvalue weighted by molar-refractivity contribution is -0.120. The third kappa shape index (κ3) is 2.61. The molecular weight excluding hydrogens is 246 g/mol. The van der Waals surface area contributed by atoms with Crippen molar-refractivity contribution in [3.63, 3.8) is 0 Å². The Morgan fingerprint density at radius 3 is 2.83 bits per heavy atom. The number of thiazole rings is 1. The topological polar surface area (TPSA) is 68.0 Å². The van der Waals surface area contributed by atoms with Gasteiger partial charge in [-0.1, -0.05) is 25.2 Å². The highest BCUT2D eigenvalue weighted by atomic mass is 32.1. The van der Waals surface area contributed by atoms with Crippen molar-refractivity contribution >= 4 is 38.3 Å². The van der Waals surface area contributed by atoms with Gasteiger partial charge in [0.25, 0.3) is 0 Å². The number of carbonyl (C=O) groups excluding carboxylic acids is 1. The van der Waals surface area contributed by atoms with Crippen molar-refractivity contribution < 1.29 is 4.79 Å². The van der Waals surface area contributed by atoms with Gasteiger partial charge in [-0.25, -0.2) is 4.98 Å². The van der Waals surface area contributed by atoms with Crippen LogP contribution in [0.2, 0.25) is 0 Å². The zero-order chi connectivity index (χ0) is 13.1. The Kier molecular flexibility index (Phi) is 3.81. The highest BCUT2D eigenvalue weighted by Gasteiger charge is 2.15. The maximum Gasteiger partial charge on any atom is 0.229 e. The molecule has 2 rings (SSSR count). The molecule has 0 saturated heterocycles. The first-order valence-corrected chi connectivity index (χ1v) is 6.92. The summed E-state index contributed by atoms with van der Waals surface area (Å²) in [6.45, 7) is 4.04. The summed E-state index contributed by atoms with van der Waals surface area (Å²) in [6, 6.07) is 5.56. The van der Waals surface area contributed by atoms with Gasteiger partial charge in [0.2, 0.25) is 5.91 Å². The van der Waals surface area contributed by atoms with Gasteiger partial charge in [-0.05, 0) is 31.0 Å². The zero-order valence-corrected chi connectivity index (χ0v) is 11.4. The molecule has 1 aromatic carbocycles. The predicted molar refractivity (Wildman–Crippen MR) is 76.7 cm³/mol. The minimum absolute atomic E-state index is 0.0482. The van der Waals surface area contributed by atoms with E-state index in [2.05, 4.69) is 10.3 Å². The maximum atomic E-state index is 11.9. The van der Waals surface area contributed by atoms with Gasteiger partial charge in [0.15, 0.2) is 5.13 Å². The molecule has 0 bridgehead atoms. The van der Waals surface area contributed by atoms with Crippen LogP contribution in [0, 0.1) is 5.92 Å². The molecule has 1 amide bonds. The lowest BCUT2D eigenvalue weighted by atomic mass is 10.0. The second-order valence-corrected chi connectivity index (χ2v) is 5.28. The quantitative estimate of drug-likeness (QED) is 0.832. The Morgan fingerprint density at radius 1 is 1.44 bits per heavy atom. The second kappa shape index (κ2) is 5.35. The maximum absolute atomic E-state index is 11.9. The van der Waals surface area contributed by atoms with E-state index < -0.39 is 0 Å². The molecule has 2 aromatic rings. The zero-order valence-electron chi connectivity index (χ0n) is 10.6. The normalized spacial score (nSPS) is 11.1. The molecule has 5 heteroatoms. The van der Waals surface area contributed by atoms with Crippen LogP contribution in [-0.2, 0) is 4.79 Å². The van der Waals surface area contributed by atoms with E-state index in [1.54, 1.807) is 0 Å². The van der Waals surface area contributed by atoms with E-state index in [9.17, 15) is 4.79 Å². The molecule has 1 aromatic heterocycles. The number of nitrogens with one attached hydrogen (secondary N) is 1. The molecule has 0 aliphatic carbocycles. The Bertz CT molecular complexity index is 560. The molecule has 0 unspecified atom stereocenters. The van der Waals surface area contributed by atoms with Gasteiger partial charge in [0, 0.05) is 11.6 Å². The molecule has 0 saturated carbocycles. The SMILES string of the molecule is CCC(CC)C(=O)Nc1nc2ccc(N)cc2s1. The fraction of sp³-hybridized carbons (Fsp3) is 0.385. The van der Waals surface area contributed by atoms with Crippen LogP contribution in [0.1, 0.15) is 26.7 Å². The Balaban J connectivity index is 2.19. The third-order valence-electron chi connectivity index (χ3n) is 3.00. The molecule has 0 aliphatic rings. The first-order chi connectivity index (χ1) is 8.63. The summed E-state index contributed by atoms with van der Waals surface area (Å²) in [4.78, 5) is 16.3. The number of anilines is 2.